The Hall–Kier alpha value is -1.07. The Morgan fingerprint density at radius 1 is 1.22 bits per heavy atom. The minimum Gasteiger partial charge on any atom is -0.322 e. The Balaban J connectivity index is 2.27. The molecule has 1 N–H and O–H groups in total. The maximum atomic E-state index is 12.1. The topological polar surface area (TPSA) is 29.1 Å². The molecule has 0 radical (unpaired) electrons. The normalized spacial score (nSPS) is 10.2. The number of carbonyl (C=O) groups is 1. The number of aryl methyl sites for hydroxylation is 1. The van der Waals surface area contributed by atoms with E-state index in [2.05, 4.69) is 27.9 Å². The lowest BCUT2D eigenvalue weighted by Crippen LogP contribution is -2.14. The van der Waals surface area contributed by atoms with E-state index in [1.807, 2.05) is 31.2 Å². The molecular weight excluding hydrogens is 361 g/mol. The summed E-state index contributed by atoms with van der Waals surface area (Å²) in [5.74, 6) is -0.120. The van der Waals surface area contributed by atoms with Gasteiger partial charge >= 0.3 is 0 Å². The second-order valence-corrected chi connectivity index (χ2v) is 5.49. The Morgan fingerprint density at radius 2 is 1.94 bits per heavy atom. The molecule has 0 saturated carbocycles. The highest BCUT2D eigenvalue weighted by Crippen LogP contribution is 2.21. The first-order valence-corrected chi connectivity index (χ1v) is 6.85. The zero-order valence-corrected chi connectivity index (χ0v) is 12.6. The van der Waals surface area contributed by atoms with Gasteiger partial charge in [0, 0.05) is 14.3 Å². The third-order valence-corrected chi connectivity index (χ3v) is 3.74. The van der Waals surface area contributed by atoms with Gasteiger partial charge in [-0.1, -0.05) is 29.8 Å². The lowest BCUT2D eigenvalue weighted by atomic mass is 10.1. The second-order valence-electron chi connectivity index (χ2n) is 3.89. The van der Waals surface area contributed by atoms with Gasteiger partial charge in [0.2, 0.25) is 0 Å². The summed E-state index contributed by atoms with van der Waals surface area (Å²) in [5.41, 5.74) is 2.39. The molecule has 0 unspecified atom stereocenters. The van der Waals surface area contributed by atoms with Crippen LogP contribution < -0.4 is 5.32 Å². The summed E-state index contributed by atoms with van der Waals surface area (Å²) >= 11 is 8.07. The average Bonchev–Trinajstić information content (AvgIpc) is 2.34. The van der Waals surface area contributed by atoms with E-state index in [0.29, 0.717) is 10.6 Å². The monoisotopic (exact) mass is 371 g/mol. The van der Waals surface area contributed by atoms with Crippen molar-refractivity contribution in [2.75, 3.05) is 5.32 Å². The maximum absolute atomic E-state index is 12.1. The van der Waals surface area contributed by atoms with Crippen molar-refractivity contribution in [1.82, 2.24) is 0 Å². The molecule has 0 aliphatic rings. The van der Waals surface area contributed by atoms with Crippen molar-refractivity contribution in [2.45, 2.75) is 6.92 Å². The summed E-state index contributed by atoms with van der Waals surface area (Å²) in [7, 11) is 0. The SMILES string of the molecule is Cc1ccc(Cl)cc1NC(=O)c1ccccc1I. The molecule has 4 heteroatoms. The van der Waals surface area contributed by atoms with Crippen molar-refractivity contribution >= 4 is 45.8 Å². The van der Waals surface area contributed by atoms with E-state index in [-0.39, 0.29) is 5.91 Å². The smallest absolute Gasteiger partial charge is 0.256 e. The number of amides is 1. The van der Waals surface area contributed by atoms with Crippen LogP contribution in [-0.4, -0.2) is 5.91 Å². The molecule has 0 heterocycles. The summed E-state index contributed by atoms with van der Waals surface area (Å²) in [4.78, 5) is 12.1. The highest BCUT2D eigenvalue weighted by molar-refractivity contribution is 14.1. The number of hydrogen-bond acceptors (Lipinski definition) is 1. The van der Waals surface area contributed by atoms with Gasteiger partial charge in [-0.3, -0.25) is 4.79 Å². The molecule has 2 rings (SSSR count). The molecule has 0 spiro atoms. The number of benzene rings is 2. The van der Waals surface area contributed by atoms with Crippen molar-refractivity contribution in [3.05, 3.63) is 62.2 Å². The quantitative estimate of drug-likeness (QED) is 0.774. The van der Waals surface area contributed by atoms with Crippen molar-refractivity contribution in [2.24, 2.45) is 0 Å². The molecule has 0 fully saturated rings. The Labute approximate surface area is 124 Å². The van der Waals surface area contributed by atoms with Crippen LogP contribution in [-0.2, 0) is 0 Å². The first-order valence-electron chi connectivity index (χ1n) is 5.40. The number of hydrogen-bond donors (Lipinski definition) is 1. The van der Waals surface area contributed by atoms with Crippen LogP contribution >= 0.6 is 34.2 Å². The summed E-state index contributed by atoms with van der Waals surface area (Å²) in [6.07, 6.45) is 0. The van der Waals surface area contributed by atoms with Gasteiger partial charge in [-0.25, -0.2) is 0 Å². The highest BCUT2D eigenvalue weighted by Gasteiger charge is 2.10. The lowest BCUT2D eigenvalue weighted by molar-refractivity contribution is 0.102. The Morgan fingerprint density at radius 3 is 2.67 bits per heavy atom. The Kier molecular flexibility index (Phi) is 4.24. The van der Waals surface area contributed by atoms with E-state index in [9.17, 15) is 4.79 Å². The largest absolute Gasteiger partial charge is 0.322 e. The van der Waals surface area contributed by atoms with Crippen LogP contribution in [0.1, 0.15) is 15.9 Å². The second kappa shape index (κ2) is 5.71. The zero-order chi connectivity index (χ0) is 13.1. The number of rotatable bonds is 2. The van der Waals surface area contributed by atoms with Crippen LogP contribution in [0.15, 0.2) is 42.5 Å². The van der Waals surface area contributed by atoms with Crippen LogP contribution in [0.4, 0.5) is 5.69 Å². The fourth-order valence-corrected chi connectivity index (χ4v) is 2.37. The molecule has 0 bridgehead atoms. The fraction of sp³-hybridized carbons (Fsp3) is 0.0714. The highest BCUT2D eigenvalue weighted by atomic mass is 127. The van der Waals surface area contributed by atoms with Gasteiger partial charge in [0.05, 0.1) is 5.56 Å². The van der Waals surface area contributed by atoms with E-state index < -0.39 is 0 Å². The molecule has 2 nitrogen and oxygen atoms in total. The Bertz CT molecular complexity index is 598. The molecule has 0 saturated heterocycles. The third kappa shape index (κ3) is 3.03. The van der Waals surface area contributed by atoms with E-state index >= 15 is 0 Å². The number of nitrogens with one attached hydrogen (secondary N) is 1. The van der Waals surface area contributed by atoms with Gasteiger partial charge in [-0.2, -0.15) is 0 Å². The third-order valence-electron chi connectivity index (χ3n) is 2.57. The number of anilines is 1. The van der Waals surface area contributed by atoms with Crippen molar-refractivity contribution < 1.29 is 4.79 Å². The lowest BCUT2D eigenvalue weighted by Gasteiger charge is -2.09. The number of carbonyl (C=O) groups excluding carboxylic acids is 1. The zero-order valence-electron chi connectivity index (χ0n) is 9.71. The van der Waals surface area contributed by atoms with E-state index in [1.54, 1.807) is 18.2 Å². The van der Waals surface area contributed by atoms with Crippen molar-refractivity contribution in [3.63, 3.8) is 0 Å². The summed E-state index contributed by atoms with van der Waals surface area (Å²) < 4.78 is 0.923. The van der Waals surface area contributed by atoms with Gasteiger partial charge in [0.15, 0.2) is 0 Å². The van der Waals surface area contributed by atoms with Gasteiger partial charge < -0.3 is 5.32 Å². The van der Waals surface area contributed by atoms with Gasteiger partial charge in [-0.15, -0.1) is 0 Å². The molecule has 1 amide bonds. The van der Waals surface area contributed by atoms with Gasteiger partial charge in [0.1, 0.15) is 0 Å². The van der Waals surface area contributed by atoms with E-state index in [4.69, 9.17) is 11.6 Å². The van der Waals surface area contributed by atoms with Crippen LogP contribution in [0.2, 0.25) is 5.02 Å². The molecule has 0 aromatic heterocycles. The molecule has 2 aromatic carbocycles. The molecule has 92 valence electrons. The summed E-state index contributed by atoms with van der Waals surface area (Å²) in [6, 6.07) is 12.9. The molecule has 2 aromatic rings. The number of halogens is 2. The van der Waals surface area contributed by atoms with E-state index in [0.717, 1.165) is 14.8 Å². The molecule has 0 aliphatic carbocycles. The molecule has 0 aliphatic heterocycles. The minimum absolute atomic E-state index is 0.120. The van der Waals surface area contributed by atoms with Crippen LogP contribution in [0.5, 0.6) is 0 Å². The predicted molar refractivity (Wildman–Crippen MR) is 83.3 cm³/mol. The minimum atomic E-state index is -0.120. The fourth-order valence-electron chi connectivity index (χ4n) is 1.56. The van der Waals surface area contributed by atoms with Crippen molar-refractivity contribution in [3.8, 4) is 0 Å². The molecule has 0 atom stereocenters. The molecule has 18 heavy (non-hydrogen) atoms. The molecular formula is C14H11ClINO. The van der Waals surface area contributed by atoms with Crippen LogP contribution in [0.3, 0.4) is 0 Å². The average molecular weight is 372 g/mol. The summed E-state index contributed by atoms with van der Waals surface area (Å²) in [6.45, 7) is 1.93. The van der Waals surface area contributed by atoms with E-state index in [1.165, 1.54) is 0 Å². The standard InChI is InChI=1S/C14H11ClINO/c1-9-6-7-10(15)8-13(9)17-14(18)11-4-2-3-5-12(11)16/h2-8H,1H3,(H,17,18). The first-order chi connectivity index (χ1) is 8.58. The first kappa shape index (κ1) is 13.4. The van der Waals surface area contributed by atoms with Crippen molar-refractivity contribution in [1.29, 1.82) is 0 Å². The van der Waals surface area contributed by atoms with Crippen LogP contribution in [0, 0.1) is 10.5 Å². The van der Waals surface area contributed by atoms with Gasteiger partial charge in [-0.05, 0) is 59.3 Å². The predicted octanol–water partition coefficient (Wildman–Crippen LogP) is 4.51. The summed E-state index contributed by atoms with van der Waals surface area (Å²) in [5, 5.41) is 3.49. The van der Waals surface area contributed by atoms with Crippen LogP contribution in [0.25, 0.3) is 0 Å². The van der Waals surface area contributed by atoms with Gasteiger partial charge in [0.25, 0.3) is 5.91 Å². The maximum Gasteiger partial charge on any atom is 0.256 e.